The van der Waals surface area contributed by atoms with Gasteiger partial charge >= 0.3 is 6.03 Å². The second kappa shape index (κ2) is 7.84. The Morgan fingerprint density at radius 2 is 1.83 bits per heavy atom. The fraction of sp³-hybridized carbons (Fsp3) is 0.222. The fourth-order valence-corrected chi connectivity index (χ4v) is 2.64. The number of rotatable bonds is 5. The summed E-state index contributed by atoms with van der Waals surface area (Å²) in [6, 6.07) is 11.7. The lowest BCUT2D eigenvalue weighted by atomic mass is 9.98. The van der Waals surface area contributed by atoms with Gasteiger partial charge in [-0.25, -0.2) is 4.79 Å². The summed E-state index contributed by atoms with van der Waals surface area (Å²) >= 11 is 6.06. The molecule has 0 aliphatic rings. The monoisotopic (exact) mass is 345 g/mol. The second-order valence-electron chi connectivity index (χ2n) is 5.63. The van der Waals surface area contributed by atoms with E-state index in [1.54, 1.807) is 12.1 Å². The van der Waals surface area contributed by atoms with E-state index in [-0.39, 0.29) is 12.3 Å². The molecule has 0 aliphatic carbocycles. The van der Waals surface area contributed by atoms with E-state index >= 15 is 0 Å². The van der Waals surface area contributed by atoms with Crippen LogP contribution in [0.2, 0.25) is 5.02 Å². The second-order valence-corrected chi connectivity index (χ2v) is 6.04. The number of amides is 3. The average Bonchev–Trinajstić information content (AvgIpc) is 2.50. The van der Waals surface area contributed by atoms with Gasteiger partial charge in [0.2, 0.25) is 5.91 Å². The normalized spacial score (nSPS) is 11.6. The maximum Gasteiger partial charge on any atom is 0.312 e. The van der Waals surface area contributed by atoms with E-state index in [1.807, 2.05) is 44.2 Å². The standard InChI is InChI=1S/C18H20ClN3O2/c1-11-5-3-4-6-14(11)16(22-18(20)24)10-17(23)21-13-8-7-12(2)15(19)9-13/h3-9,16H,10H2,1-2H3,(H,21,23)(H3,20,22,24). The number of primary amides is 1. The number of halogens is 1. The van der Waals surface area contributed by atoms with Crippen LogP contribution in [0.15, 0.2) is 42.5 Å². The van der Waals surface area contributed by atoms with Crippen molar-refractivity contribution in [3.05, 3.63) is 64.2 Å². The van der Waals surface area contributed by atoms with Crippen molar-refractivity contribution in [1.29, 1.82) is 0 Å². The van der Waals surface area contributed by atoms with E-state index < -0.39 is 12.1 Å². The van der Waals surface area contributed by atoms with E-state index in [1.165, 1.54) is 0 Å². The van der Waals surface area contributed by atoms with Gasteiger partial charge in [-0.15, -0.1) is 0 Å². The molecule has 2 rings (SSSR count). The molecule has 0 radical (unpaired) electrons. The van der Waals surface area contributed by atoms with Gasteiger partial charge in [0.1, 0.15) is 0 Å². The van der Waals surface area contributed by atoms with Crippen LogP contribution >= 0.6 is 11.6 Å². The third-order valence-corrected chi connectivity index (χ3v) is 4.13. The third-order valence-electron chi connectivity index (χ3n) is 3.73. The largest absolute Gasteiger partial charge is 0.352 e. The summed E-state index contributed by atoms with van der Waals surface area (Å²) in [6.07, 6.45) is 0.0687. The molecule has 1 atom stereocenters. The molecule has 0 saturated carbocycles. The van der Waals surface area contributed by atoms with Gasteiger partial charge in [0, 0.05) is 10.7 Å². The number of nitrogens with two attached hydrogens (primary N) is 1. The van der Waals surface area contributed by atoms with E-state index in [4.69, 9.17) is 17.3 Å². The Bertz CT molecular complexity index is 762. The molecule has 2 aromatic carbocycles. The minimum absolute atomic E-state index is 0.0687. The zero-order valence-corrected chi connectivity index (χ0v) is 14.4. The molecule has 3 amide bonds. The number of carbonyl (C=O) groups excluding carboxylic acids is 2. The van der Waals surface area contributed by atoms with Gasteiger partial charge in [-0.2, -0.15) is 0 Å². The van der Waals surface area contributed by atoms with Crippen LogP contribution in [0.4, 0.5) is 10.5 Å². The Morgan fingerprint density at radius 3 is 2.46 bits per heavy atom. The summed E-state index contributed by atoms with van der Waals surface area (Å²) in [5.41, 5.74) is 8.62. The lowest BCUT2D eigenvalue weighted by Gasteiger charge is -2.19. The van der Waals surface area contributed by atoms with Gasteiger partial charge in [-0.1, -0.05) is 41.9 Å². The van der Waals surface area contributed by atoms with Crippen molar-refractivity contribution >= 4 is 29.2 Å². The maximum absolute atomic E-state index is 12.3. The molecule has 0 spiro atoms. The first-order valence-electron chi connectivity index (χ1n) is 7.54. The minimum Gasteiger partial charge on any atom is -0.352 e. The molecule has 1 unspecified atom stereocenters. The predicted octanol–water partition coefficient (Wildman–Crippen LogP) is 3.70. The predicted molar refractivity (Wildman–Crippen MR) is 96.1 cm³/mol. The number of hydrogen-bond donors (Lipinski definition) is 3. The summed E-state index contributed by atoms with van der Waals surface area (Å²) < 4.78 is 0. The number of aryl methyl sites for hydroxylation is 2. The molecule has 0 aromatic heterocycles. The molecule has 5 nitrogen and oxygen atoms in total. The van der Waals surface area contributed by atoms with Crippen molar-refractivity contribution in [2.45, 2.75) is 26.3 Å². The summed E-state index contributed by atoms with van der Waals surface area (Å²) in [6.45, 7) is 3.81. The first kappa shape index (κ1) is 17.8. The molecule has 126 valence electrons. The first-order chi connectivity index (χ1) is 11.4. The molecule has 0 bridgehead atoms. The van der Waals surface area contributed by atoms with Gasteiger partial charge in [-0.3, -0.25) is 4.79 Å². The molecular formula is C18H20ClN3O2. The summed E-state index contributed by atoms with van der Waals surface area (Å²) in [5, 5.41) is 6.00. The Morgan fingerprint density at radius 1 is 1.12 bits per heavy atom. The highest BCUT2D eigenvalue weighted by Crippen LogP contribution is 2.23. The van der Waals surface area contributed by atoms with Crippen molar-refractivity contribution in [2.24, 2.45) is 5.73 Å². The van der Waals surface area contributed by atoms with E-state index in [9.17, 15) is 9.59 Å². The highest BCUT2D eigenvalue weighted by atomic mass is 35.5. The molecular weight excluding hydrogens is 326 g/mol. The average molecular weight is 346 g/mol. The highest BCUT2D eigenvalue weighted by molar-refractivity contribution is 6.31. The SMILES string of the molecule is Cc1ccc(NC(=O)CC(NC(N)=O)c2ccccc2C)cc1Cl. The highest BCUT2D eigenvalue weighted by Gasteiger charge is 2.19. The number of hydrogen-bond acceptors (Lipinski definition) is 2. The van der Waals surface area contributed by atoms with Crippen LogP contribution in [-0.4, -0.2) is 11.9 Å². The van der Waals surface area contributed by atoms with Gasteiger partial charge in [0.05, 0.1) is 12.5 Å². The van der Waals surface area contributed by atoms with Crippen molar-refractivity contribution in [2.75, 3.05) is 5.32 Å². The van der Waals surface area contributed by atoms with Gasteiger partial charge in [0.25, 0.3) is 0 Å². The van der Waals surface area contributed by atoms with Crippen LogP contribution in [0.3, 0.4) is 0 Å². The number of benzene rings is 2. The Hall–Kier alpha value is -2.53. The zero-order valence-electron chi connectivity index (χ0n) is 13.6. The molecule has 0 heterocycles. The molecule has 2 aromatic rings. The van der Waals surface area contributed by atoms with Crippen LogP contribution in [0.1, 0.15) is 29.2 Å². The lowest BCUT2D eigenvalue weighted by Crippen LogP contribution is -2.35. The number of carbonyl (C=O) groups is 2. The molecule has 0 aliphatic heterocycles. The van der Waals surface area contributed by atoms with Crippen LogP contribution in [0, 0.1) is 13.8 Å². The Labute approximate surface area is 146 Å². The van der Waals surface area contributed by atoms with E-state index in [2.05, 4.69) is 10.6 Å². The molecule has 24 heavy (non-hydrogen) atoms. The van der Waals surface area contributed by atoms with Gasteiger partial charge in [0.15, 0.2) is 0 Å². The van der Waals surface area contributed by atoms with Crippen LogP contribution in [0.5, 0.6) is 0 Å². The van der Waals surface area contributed by atoms with Crippen molar-refractivity contribution < 1.29 is 9.59 Å². The topological polar surface area (TPSA) is 84.2 Å². The minimum atomic E-state index is -0.672. The molecule has 6 heteroatoms. The zero-order chi connectivity index (χ0) is 17.7. The molecule has 0 saturated heterocycles. The first-order valence-corrected chi connectivity index (χ1v) is 7.92. The number of anilines is 1. The Kier molecular flexibility index (Phi) is 5.82. The van der Waals surface area contributed by atoms with E-state index in [0.717, 1.165) is 16.7 Å². The van der Waals surface area contributed by atoms with Crippen LogP contribution in [-0.2, 0) is 4.79 Å². The summed E-state index contributed by atoms with van der Waals surface area (Å²) in [7, 11) is 0. The van der Waals surface area contributed by atoms with Crippen LogP contribution < -0.4 is 16.4 Å². The number of nitrogens with one attached hydrogen (secondary N) is 2. The fourth-order valence-electron chi connectivity index (χ4n) is 2.46. The lowest BCUT2D eigenvalue weighted by molar-refractivity contribution is -0.116. The Balaban J connectivity index is 2.14. The van der Waals surface area contributed by atoms with Crippen molar-refractivity contribution in [1.82, 2.24) is 5.32 Å². The smallest absolute Gasteiger partial charge is 0.312 e. The van der Waals surface area contributed by atoms with Crippen molar-refractivity contribution in [3.8, 4) is 0 Å². The van der Waals surface area contributed by atoms with Gasteiger partial charge < -0.3 is 16.4 Å². The number of urea groups is 1. The molecule has 0 fully saturated rings. The molecule has 4 N–H and O–H groups in total. The van der Waals surface area contributed by atoms with Crippen LogP contribution in [0.25, 0.3) is 0 Å². The summed E-state index contributed by atoms with van der Waals surface area (Å²) in [4.78, 5) is 23.6. The maximum atomic E-state index is 12.3. The van der Waals surface area contributed by atoms with Gasteiger partial charge in [-0.05, 0) is 42.7 Å². The van der Waals surface area contributed by atoms with Crippen molar-refractivity contribution in [3.63, 3.8) is 0 Å². The van der Waals surface area contributed by atoms with E-state index in [0.29, 0.717) is 10.7 Å². The summed E-state index contributed by atoms with van der Waals surface area (Å²) in [5.74, 6) is -0.239. The third kappa shape index (κ3) is 4.73. The quantitative estimate of drug-likeness (QED) is 0.772.